The van der Waals surface area contributed by atoms with Crippen LogP contribution in [-0.4, -0.2) is 63.6 Å². The number of halogens is 3. The Morgan fingerprint density at radius 1 is 1.07 bits per heavy atom. The quantitative estimate of drug-likeness (QED) is 0.236. The summed E-state index contributed by atoms with van der Waals surface area (Å²) in [5, 5.41) is 13.7. The molecule has 2 saturated heterocycles. The number of hydrogen-bond donors (Lipinski definition) is 3. The van der Waals surface area contributed by atoms with E-state index in [0.717, 1.165) is 61.2 Å². The number of aromatic nitrogens is 3. The van der Waals surface area contributed by atoms with E-state index in [-0.39, 0.29) is 23.6 Å². The first-order valence-corrected chi connectivity index (χ1v) is 14.9. The highest BCUT2D eigenvalue weighted by Gasteiger charge is 2.33. The van der Waals surface area contributed by atoms with Gasteiger partial charge < -0.3 is 15.4 Å². The van der Waals surface area contributed by atoms with E-state index in [9.17, 15) is 27.6 Å². The summed E-state index contributed by atoms with van der Waals surface area (Å²) in [4.78, 5) is 42.2. The molecule has 2 aromatic heterocycles. The standard InChI is InChI=1S/C32H32F3N7O4/c1-46-27-16-25-20(15-26(27)38-30(44)23-6-3-7-28(37-23)32(33,34)35)18-42(40-25)22-10-12-41(13-11-22)17-19-4-2-5-21(14-19)36-24-8-9-29(43)39-31(24)45/h2-7,14-16,18,22,24,36H,8-13,17H2,1H3,(H,38,44)(H,39,43,45). The Morgan fingerprint density at radius 3 is 2.59 bits per heavy atom. The fourth-order valence-electron chi connectivity index (χ4n) is 5.82. The zero-order valence-electron chi connectivity index (χ0n) is 24.9. The van der Waals surface area contributed by atoms with Crippen molar-refractivity contribution < 1.29 is 32.3 Å². The van der Waals surface area contributed by atoms with E-state index in [1.54, 1.807) is 12.1 Å². The van der Waals surface area contributed by atoms with Crippen molar-refractivity contribution in [1.29, 1.82) is 0 Å². The Kier molecular flexibility index (Phi) is 8.63. The predicted molar refractivity (Wildman–Crippen MR) is 163 cm³/mol. The second-order valence-corrected chi connectivity index (χ2v) is 11.4. The molecule has 3 amide bonds. The number of benzene rings is 2. The molecule has 11 nitrogen and oxygen atoms in total. The fourth-order valence-corrected chi connectivity index (χ4v) is 5.82. The molecule has 0 bridgehead atoms. The summed E-state index contributed by atoms with van der Waals surface area (Å²) in [6.45, 7) is 2.44. The van der Waals surface area contributed by atoms with E-state index in [4.69, 9.17) is 9.84 Å². The lowest BCUT2D eigenvalue weighted by molar-refractivity contribution is -0.141. The molecule has 2 aliphatic rings. The normalized spacial score (nSPS) is 18.0. The smallest absolute Gasteiger partial charge is 0.433 e. The minimum absolute atomic E-state index is 0.155. The molecule has 1 atom stereocenters. The van der Waals surface area contributed by atoms with Crippen molar-refractivity contribution in [2.75, 3.05) is 30.8 Å². The van der Waals surface area contributed by atoms with Crippen LogP contribution in [0.1, 0.15) is 53.5 Å². The third kappa shape index (κ3) is 6.96. The number of nitrogens with zero attached hydrogens (tertiary/aromatic N) is 4. The molecule has 46 heavy (non-hydrogen) atoms. The van der Waals surface area contributed by atoms with Crippen LogP contribution in [0.15, 0.2) is 60.8 Å². The first-order valence-electron chi connectivity index (χ1n) is 14.9. The number of piperidine rings is 2. The van der Waals surface area contributed by atoms with Gasteiger partial charge in [-0.25, -0.2) is 4.98 Å². The van der Waals surface area contributed by atoms with Gasteiger partial charge >= 0.3 is 6.18 Å². The largest absolute Gasteiger partial charge is 0.494 e. The maximum atomic E-state index is 13.1. The third-order valence-corrected chi connectivity index (χ3v) is 8.21. The molecule has 1 unspecified atom stereocenters. The van der Waals surface area contributed by atoms with Crippen molar-refractivity contribution in [2.24, 2.45) is 0 Å². The van der Waals surface area contributed by atoms with Gasteiger partial charge in [-0.3, -0.25) is 29.3 Å². The van der Waals surface area contributed by atoms with Crippen LogP contribution in [-0.2, 0) is 22.3 Å². The molecule has 3 N–H and O–H groups in total. The number of carbonyl (C=O) groups excluding carboxylic acids is 3. The van der Waals surface area contributed by atoms with E-state index >= 15 is 0 Å². The molecule has 0 saturated carbocycles. The number of rotatable bonds is 8. The number of fused-ring (bicyclic) bond motifs is 1. The number of methoxy groups -OCH3 is 1. The van der Waals surface area contributed by atoms with Crippen LogP contribution in [0, 0.1) is 0 Å². The minimum atomic E-state index is -4.67. The average Bonchev–Trinajstić information content (AvgIpc) is 3.45. The number of ether oxygens (including phenoxy) is 1. The van der Waals surface area contributed by atoms with Crippen LogP contribution in [0.2, 0.25) is 0 Å². The van der Waals surface area contributed by atoms with Gasteiger partial charge in [0.15, 0.2) is 0 Å². The SMILES string of the molecule is COc1cc2nn(C3CCN(Cc4cccc(NC5CCC(=O)NC5=O)c4)CC3)cc2cc1NC(=O)c1cccc(C(F)(F)F)n1. The second kappa shape index (κ2) is 12.8. The van der Waals surface area contributed by atoms with Crippen molar-refractivity contribution in [3.63, 3.8) is 0 Å². The molecule has 2 fully saturated rings. The highest BCUT2D eigenvalue weighted by Crippen LogP contribution is 2.33. The van der Waals surface area contributed by atoms with Gasteiger partial charge in [0.05, 0.1) is 24.4 Å². The van der Waals surface area contributed by atoms with Gasteiger partial charge in [0.2, 0.25) is 11.8 Å². The number of likely N-dealkylation sites (tertiary alicyclic amines) is 1. The van der Waals surface area contributed by atoms with E-state index in [1.807, 2.05) is 29.1 Å². The topological polar surface area (TPSA) is 130 Å². The Hall–Kier alpha value is -4.98. The Balaban J connectivity index is 1.08. The molecular formula is C32H32F3N7O4. The summed E-state index contributed by atoms with van der Waals surface area (Å²) >= 11 is 0. The summed E-state index contributed by atoms with van der Waals surface area (Å²) < 4.78 is 46.6. The van der Waals surface area contributed by atoms with Gasteiger partial charge in [-0.05, 0) is 55.2 Å². The van der Waals surface area contributed by atoms with Gasteiger partial charge in [-0.1, -0.05) is 18.2 Å². The van der Waals surface area contributed by atoms with E-state index in [1.165, 1.54) is 13.2 Å². The van der Waals surface area contributed by atoms with Crippen molar-refractivity contribution in [3.8, 4) is 5.75 Å². The molecule has 2 aromatic carbocycles. The van der Waals surface area contributed by atoms with Crippen molar-refractivity contribution in [1.82, 2.24) is 25.0 Å². The van der Waals surface area contributed by atoms with Crippen LogP contribution in [0.4, 0.5) is 24.5 Å². The number of nitrogens with one attached hydrogen (secondary N) is 3. The third-order valence-electron chi connectivity index (χ3n) is 8.21. The highest BCUT2D eigenvalue weighted by atomic mass is 19.4. The molecule has 2 aliphatic heterocycles. The summed E-state index contributed by atoms with van der Waals surface area (Å²) in [6, 6.07) is 14.2. The van der Waals surface area contributed by atoms with E-state index in [2.05, 4.69) is 31.9 Å². The van der Waals surface area contributed by atoms with Gasteiger partial charge in [0.1, 0.15) is 23.2 Å². The monoisotopic (exact) mass is 635 g/mol. The molecule has 240 valence electrons. The molecule has 4 aromatic rings. The molecule has 0 aliphatic carbocycles. The zero-order chi connectivity index (χ0) is 32.4. The summed E-state index contributed by atoms with van der Waals surface area (Å²) in [6.07, 6.45) is -0.258. The second-order valence-electron chi connectivity index (χ2n) is 11.4. The number of hydrogen-bond acceptors (Lipinski definition) is 8. The van der Waals surface area contributed by atoms with Crippen LogP contribution in [0.5, 0.6) is 5.75 Å². The first kappa shape index (κ1) is 31.0. The molecule has 4 heterocycles. The summed E-state index contributed by atoms with van der Waals surface area (Å²) in [7, 11) is 1.44. The predicted octanol–water partition coefficient (Wildman–Crippen LogP) is 4.77. The first-order chi connectivity index (χ1) is 22.1. The fraction of sp³-hybridized carbons (Fsp3) is 0.344. The van der Waals surface area contributed by atoms with Crippen LogP contribution < -0.4 is 20.7 Å². The maximum Gasteiger partial charge on any atom is 0.433 e. The number of pyridine rings is 1. The Labute approximate surface area is 262 Å². The van der Waals surface area contributed by atoms with Crippen LogP contribution in [0.3, 0.4) is 0 Å². The van der Waals surface area contributed by atoms with Crippen LogP contribution >= 0.6 is 0 Å². The van der Waals surface area contributed by atoms with Crippen LogP contribution in [0.25, 0.3) is 10.9 Å². The lowest BCUT2D eigenvalue weighted by Gasteiger charge is -2.32. The summed E-state index contributed by atoms with van der Waals surface area (Å²) in [5.41, 5.74) is 1.39. The lowest BCUT2D eigenvalue weighted by Crippen LogP contribution is -2.47. The van der Waals surface area contributed by atoms with E-state index in [0.29, 0.717) is 29.8 Å². The van der Waals surface area contributed by atoms with E-state index < -0.39 is 23.8 Å². The number of imide groups is 1. The number of alkyl halides is 3. The highest BCUT2D eigenvalue weighted by molar-refractivity contribution is 6.05. The molecular weight excluding hydrogens is 603 g/mol. The molecule has 6 rings (SSSR count). The zero-order valence-corrected chi connectivity index (χ0v) is 24.9. The lowest BCUT2D eigenvalue weighted by atomic mass is 10.0. The Bertz CT molecular complexity index is 1780. The minimum Gasteiger partial charge on any atom is -0.494 e. The Morgan fingerprint density at radius 2 is 1.85 bits per heavy atom. The summed E-state index contributed by atoms with van der Waals surface area (Å²) in [5.74, 6) is -1.02. The van der Waals surface area contributed by atoms with Crippen molar-refractivity contribution >= 4 is 40.0 Å². The maximum absolute atomic E-state index is 13.1. The molecule has 0 spiro atoms. The number of carbonyl (C=O) groups is 3. The number of anilines is 2. The average molecular weight is 636 g/mol. The van der Waals surface area contributed by atoms with Crippen molar-refractivity contribution in [2.45, 2.75) is 50.5 Å². The van der Waals surface area contributed by atoms with Gasteiger partial charge in [-0.2, -0.15) is 18.3 Å². The van der Waals surface area contributed by atoms with Crippen molar-refractivity contribution in [3.05, 3.63) is 77.7 Å². The molecule has 0 radical (unpaired) electrons. The van der Waals surface area contributed by atoms with Gasteiger partial charge in [0, 0.05) is 49.4 Å². The van der Waals surface area contributed by atoms with Gasteiger partial charge in [-0.15, -0.1) is 0 Å². The number of amides is 3. The molecule has 14 heteroatoms. The van der Waals surface area contributed by atoms with Gasteiger partial charge in [0.25, 0.3) is 5.91 Å².